The quantitative estimate of drug-likeness (QED) is 0.459. The number of rotatable bonds is 9. The highest BCUT2D eigenvalue weighted by atomic mass is 16.5. The minimum Gasteiger partial charge on any atom is -0.496 e. The molecule has 0 radical (unpaired) electrons. The highest BCUT2D eigenvalue weighted by Gasteiger charge is 2.49. The predicted molar refractivity (Wildman–Crippen MR) is 144 cm³/mol. The molecule has 2 atom stereocenters. The maximum atomic E-state index is 11.8. The summed E-state index contributed by atoms with van der Waals surface area (Å²) in [5.41, 5.74) is 5.11. The van der Waals surface area contributed by atoms with E-state index in [1.54, 1.807) is 18.7 Å². The van der Waals surface area contributed by atoms with Gasteiger partial charge >= 0.3 is 5.97 Å². The van der Waals surface area contributed by atoms with Gasteiger partial charge in [-0.05, 0) is 80.6 Å². The van der Waals surface area contributed by atoms with Gasteiger partial charge in [0, 0.05) is 24.2 Å². The molecular formula is C31H40N2O3. The van der Waals surface area contributed by atoms with E-state index in [4.69, 9.17) is 9.47 Å². The number of hydrogen-bond acceptors (Lipinski definition) is 5. The van der Waals surface area contributed by atoms with Gasteiger partial charge in [0.15, 0.2) is 0 Å². The highest BCUT2D eigenvalue weighted by molar-refractivity contribution is 5.89. The molecule has 2 saturated carbocycles. The molecule has 2 aromatic rings. The van der Waals surface area contributed by atoms with Gasteiger partial charge in [0.25, 0.3) is 0 Å². The van der Waals surface area contributed by atoms with E-state index >= 15 is 0 Å². The Morgan fingerprint density at radius 1 is 1.11 bits per heavy atom. The molecule has 1 spiro atoms. The Kier molecular flexibility index (Phi) is 7.49. The van der Waals surface area contributed by atoms with Crippen LogP contribution < -0.4 is 10.1 Å². The SMILES string of the molecule is CC/C(=C\c1ccccc1)[C@@H]1C[C@H]1NC1CC2(CCN(Cc3ccc(C(=O)OC)cc3OC)CC2)C1. The molecule has 0 amide bonds. The number of nitrogens with one attached hydrogen (secondary N) is 1. The number of nitrogens with zero attached hydrogens (tertiary/aromatic N) is 1. The van der Waals surface area contributed by atoms with Gasteiger partial charge in [-0.1, -0.05) is 55.0 Å². The monoisotopic (exact) mass is 488 g/mol. The van der Waals surface area contributed by atoms with Crippen molar-refractivity contribution in [1.29, 1.82) is 0 Å². The normalized spacial score (nSPS) is 23.8. The van der Waals surface area contributed by atoms with Gasteiger partial charge in [-0.3, -0.25) is 4.90 Å². The molecule has 192 valence electrons. The van der Waals surface area contributed by atoms with Crippen molar-refractivity contribution in [2.45, 2.75) is 64.1 Å². The van der Waals surface area contributed by atoms with E-state index in [-0.39, 0.29) is 5.97 Å². The Bertz CT molecular complexity index is 1080. The highest BCUT2D eigenvalue weighted by Crippen LogP contribution is 2.51. The number of ether oxygens (including phenoxy) is 2. The zero-order valence-corrected chi connectivity index (χ0v) is 22.0. The summed E-state index contributed by atoms with van der Waals surface area (Å²) < 4.78 is 10.4. The van der Waals surface area contributed by atoms with Crippen LogP contribution in [0, 0.1) is 11.3 Å². The lowest BCUT2D eigenvalue weighted by Gasteiger charge is -2.52. The number of piperidine rings is 1. The average molecular weight is 489 g/mol. The number of benzene rings is 2. The lowest BCUT2D eigenvalue weighted by Crippen LogP contribution is -2.54. The van der Waals surface area contributed by atoms with Crippen LogP contribution in [0.4, 0.5) is 0 Å². The molecular weight excluding hydrogens is 448 g/mol. The zero-order valence-electron chi connectivity index (χ0n) is 22.0. The van der Waals surface area contributed by atoms with Gasteiger partial charge in [-0.2, -0.15) is 0 Å². The van der Waals surface area contributed by atoms with Crippen molar-refractivity contribution >= 4 is 12.0 Å². The van der Waals surface area contributed by atoms with E-state index in [0.29, 0.717) is 29.0 Å². The lowest BCUT2D eigenvalue weighted by atomic mass is 9.60. The number of esters is 1. The molecule has 0 aromatic heterocycles. The molecule has 0 bridgehead atoms. The van der Waals surface area contributed by atoms with Gasteiger partial charge in [0.05, 0.1) is 19.8 Å². The van der Waals surface area contributed by atoms with E-state index in [1.165, 1.54) is 44.8 Å². The van der Waals surface area contributed by atoms with Crippen molar-refractivity contribution in [2.75, 3.05) is 27.3 Å². The van der Waals surface area contributed by atoms with Crippen LogP contribution in [0.15, 0.2) is 54.1 Å². The van der Waals surface area contributed by atoms with E-state index in [9.17, 15) is 4.79 Å². The summed E-state index contributed by atoms with van der Waals surface area (Å²) in [5.74, 6) is 1.15. The third kappa shape index (κ3) is 5.52. The van der Waals surface area contributed by atoms with Crippen LogP contribution in [0.25, 0.3) is 6.08 Å². The van der Waals surface area contributed by atoms with E-state index in [0.717, 1.165) is 37.4 Å². The summed E-state index contributed by atoms with van der Waals surface area (Å²) in [6.07, 6.45) is 10.0. The lowest BCUT2D eigenvalue weighted by molar-refractivity contribution is 0.00280. The predicted octanol–water partition coefficient (Wildman–Crippen LogP) is 5.70. The molecule has 3 aliphatic rings. The fourth-order valence-electron chi connectivity index (χ4n) is 6.38. The Hall–Kier alpha value is -2.63. The average Bonchev–Trinajstić information content (AvgIpc) is 3.66. The van der Waals surface area contributed by atoms with Crippen molar-refractivity contribution in [2.24, 2.45) is 11.3 Å². The van der Waals surface area contributed by atoms with Gasteiger partial charge in [-0.15, -0.1) is 0 Å². The molecule has 1 heterocycles. The maximum Gasteiger partial charge on any atom is 0.337 e. The number of hydrogen-bond donors (Lipinski definition) is 1. The Balaban J connectivity index is 1.08. The standard InChI is InChI=1S/C31H40N2O3/c1-4-23(16-22-8-6-5-7-9-22)27-18-28(27)32-26-19-31(20-26)12-14-33(15-13-31)21-25-11-10-24(30(34)36-3)17-29(25)35-2/h5-11,16-17,26-28,32H,4,12-15,18-21H2,1-3H3/b23-16+/t27-,28+/m0/s1. The summed E-state index contributed by atoms with van der Waals surface area (Å²) in [7, 11) is 3.07. The van der Waals surface area contributed by atoms with Gasteiger partial charge in [0.1, 0.15) is 5.75 Å². The van der Waals surface area contributed by atoms with Crippen molar-refractivity contribution in [3.8, 4) is 5.75 Å². The third-order valence-corrected chi connectivity index (χ3v) is 8.65. The van der Waals surface area contributed by atoms with Crippen LogP contribution in [0.1, 0.15) is 66.9 Å². The molecule has 1 N–H and O–H groups in total. The van der Waals surface area contributed by atoms with Gasteiger partial charge < -0.3 is 14.8 Å². The van der Waals surface area contributed by atoms with Gasteiger partial charge in [-0.25, -0.2) is 4.79 Å². The molecule has 5 rings (SSSR count). The molecule has 3 fully saturated rings. The van der Waals surface area contributed by atoms with E-state index in [1.807, 2.05) is 12.1 Å². The number of likely N-dealkylation sites (tertiary alicyclic amines) is 1. The summed E-state index contributed by atoms with van der Waals surface area (Å²) in [5, 5.41) is 3.99. The van der Waals surface area contributed by atoms with Crippen LogP contribution in [0.3, 0.4) is 0 Å². The number of carbonyl (C=O) groups excluding carboxylic acids is 1. The summed E-state index contributed by atoms with van der Waals surface area (Å²) in [4.78, 5) is 14.4. The first kappa shape index (κ1) is 25.0. The van der Waals surface area contributed by atoms with Gasteiger partial charge in [0.2, 0.25) is 0 Å². The summed E-state index contributed by atoms with van der Waals surface area (Å²) in [6, 6.07) is 17.7. The fraction of sp³-hybridized carbons (Fsp3) is 0.516. The topological polar surface area (TPSA) is 50.8 Å². The summed E-state index contributed by atoms with van der Waals surface area (Å²) >= 11 is 0. The molecule has 1 aliphatic heterocycles. The van der Waals surface area contributed by atoms with Crippen LogP contribution in [0.2, 0.25) is 0 Å². The second kappa shape index (κ2) is 10.8. The van der Waals surface area contributed by atoms with E-state index in [2.05, 4.69) is 53.5 Å². The summed E-state index contributed by atoms with van der Waals surface area (Å²) in [6.45, 7) is 5.40. The molecule has 1 saturated heterocycles. The zero-order chi connectivity index (χ0) is 25.1. The molecule has 2 aromatic carbocycles. The van der Waals surface area contributed by atoms with Crippen molar-refractivity contribution in [1.82, 2.24) is 10.2 Å². The molecule has 2 aliphatic carbocycles. The first-order valence-electron chi connectivity index (χ1n) is 13.5. The molecule has 0 unspecified atom stereocenters. The third-order valence-electron chi connectivity index (χ3n) is 8.65. The number of methoxy groups -OCH3 is 2. The first-order valence-corrected chi connectivity index (χ1v) is 13.5. The minimum absolute atomic E-state index is 0.330. The van der Waals surface area contributed by atoms with Crippen molar-refractivity contribution in [3.63, 3.8) is 0 Å². The van der Waals surface area contributed by atoms with Crippen LogP contribution in [0.5, 0.6) is 5.75 Å². The molecule has 5 nitrogen and oxygen atoms in total. The van der Waals surface area contributed by atoms with Crippen LogP contribution in [-0.2, 0) is 11.3 Å². The van der Waals surface area contributed by atoms with Crippen molar-refractivity contribution < 1.29 is 14.3 Å². The second-order valence-electron chi connectivity index (χ2n) is 11.0. The van der Waals surface area contributed by atoms with Crippen LogP contribution >= 0.6 is 0 Å². The van der Waals surface area contributed by atoms with E-state index < -0.39 is 0 Å². The Morgan fingerprint density at radius 3 is 2.53 bits per heavy atom. The molecule has 36 heavy (non-hydrogen) atoms. The smallest absolute Gasteiger partial charge is 0.337 e. The minimum atomic E-state index is -0.330. The molecule has 5 heteroatoms. The Labute approximate surface area is 215 Å². The Morgan fingerprint density at radius 2 is 1.86 bits per heavy atom. The number of carbonyl (C=O) groups is 1. The van der Waals surface area contributed by atoms with Crippen LogP contribution in [-0.4, -0.2) is 50.3 Å². The first-order chi connectivity index (χ1) is 17.5. The second-order valence-corrected chi connectivity index (χ2v) is 11.0. The fourth-order valence-corrected chi connectivity index (χ4v) is 6.38. The largest absolute Gasteiger partial charge is 0.496 e. The van der Waals surface area contributed by atoms with Crippen molar-refractivity contribution in [3.05, 3.63) is 70.8 Å². The maximum absolute atomic E-state index is 11.8.